The van der Waals surface area contributed by atoms with E-state index in [9.17, 15) is 4.79 Å². The van der Waals surface area contributed by atoms with E-state index in [1.54, 1.807) is 12.3 Å². The Morgan fingerprint density at radius 3 is 3.25 bits per heavy atom. The summed E-state index contributed by atoms with van der Waals surface area (Å²) in [5.74, 6) is -0.301. The van der Waals surface area contributed by atoms with Crippen molar-refractivity contribution >= 4 is 27.5 Å². The highest BCUT2D eigenvalue weighted by molar-refractivity contribution is 7.20. The van der Waals surface area contributed by atoms with Gasteiger partial charge in [-0.25, -0.2) is 4.79 Å². The number of methoxy groups -OCH3 is 1. The van der Waals surface area contributed by atoms with Gasteiger partial charge in [0, 0.05) is 0 Å². The molecule has 0 atom stereocenters. The zero-order valence-electron chi connectivity index (χ0n) is 6.33. The highest BCUT2D eigenvalue weighted by atomic mass is 32.1. The zero-order chi connectivity index (χ0) is 8.55. The molecule has 0 aliphatic carbocycles. The van der Waals surface area contributed by atoms with E-state index in [0.717, 1.165) is 10.2 Å². The number of fused-ring (bicyclic) bond motifs is 1. The van der Waals surface area contributed by atoms with E-state index in [-0.39, 0.29) is 5.97 Å². The maximum absolute atomic E-state index is 11.0. The lowest BCUT2D eigenvalue weighted by molar-refractivity contribution is 0.0606. The molecule has 1 N–H and O–H groups in total. The lowest BCUT2D eigenvalue weighted by Gasteiger charge is -1.90. The van der Waals surface area contributed by atoms with Gasteiger partial charge in [0.05, 0.1) is 23.5 Å². The normalized spacial score (nSPS) is 10.4. The highest BCUT2D eigenvalue weighted by Crippen LogP contribution is 2.23. The summed E-state index contributed by atoms with van der Waals surface area (Å²) in [7, 11) is 1.37. The first-order chi connectivity index (χ1) is 5.81. The average molecular weight is 182 g/mol. The van der Waals surface area contributed by atoms with Crippen LogP contribution in [0.2, 0.25) is 0 Å². The maximum atomic E-state index is 11.0. The molecular formula is C7H6N2O2S. The van der Waals surface area contributed by atoms with Gasteiger partial charge in [-0.2, -0.15) is 5.10 Å². The van der Waals surface area contributed by atoms with Crippen molar-refractivity contribution in [2.24, 2.45) is 0 Å². The molecule has 5 heteroatoms. The number of hydrogen-bond acceptors (Lipinski definition) is 4. The van der Waals surface area contributed by atoms with Crippen LogP contribution in [0.15, 0.2) is 12.3 Å². The molecule has 2 heterocycles. The molecule has 0 saturated heterocycles. The number of H-pyrrole nitrogens is 1. The number of esters is 1. The lowest BCUT2D eigenvalue weighted by Crippen LogP contribution is -1.96. The average Bonchev–Trinajstić information content (AvgIpc) is 2.60. The van der Waals surface area contributed by atoms with Gasteiger partial charge in [0.1, 0.15) is 4.88 Å². The number of ether oxygens (including phenoxy) is 1. The van der Waals surface area contributed by atoms with Crippen molar-refractivity contribution in [1.82, 2.24) is 10.2 Å². The number of aromatic nitrogens is 2. The van der Waals surface area contributed by atoms with Crippen molar-refractivity contribution in [2.75, 3.05) is 7.11 Å². The minimum atomic E-state index is -0.301. The predicted molar refractivity (Wildman–Crippen MR) is 45.3 cm³/mol. The Morgan fingerprint density at radius 2 is 2.58 bits per heavy atom. The van der Waals surface area contributed by atoms with Gasteiger partial charge in [-0.15, -0.1) is 11.3 Å². The van der Waals surface area contributed by atoms with Crippen LogP contribution >= 0.6 is 11.3 Å². The quantitative estimate of drug-likeness (QED) is 0.678. The van der Waals surface area contributed by atoms with Crippen molar-refractivity contribution in [1.29, 1.82) is 0 Å². The molecule has 4 nitrogen and oxygen atoms in total. The molecule has 0 aromatic carbocycles. The molecule has 2 aromatic rings. The smallest absolute Gasteiger partial charge is 0.348 e. The Bertz CT molecular complexity index is 389. The summed E-state index contributed by atoms with van der Waals surface area (Å²) in [6.07, 6.45) is 1.69. The maximum Gasteiger partial charge on any atom is 0.348 e. The highest BCUT2D eigenvalue weighted by Gasteiger charge is 2.10. The topological polar surface area (TPSA) is 55.0 Å². The summed E-state index contributed by atoms with van der Waals surface area (Å²) in [5.41, 5.74) is 0.875. The van der Waals surface area contributed by atoms with Crippen molar-refractivity contribution in [2.45, 2.75) is 0 Å². The number of hydrogen-bond donors (Lipinski definition) is 1. The van der Waals surface area contributed by atoms with Crippen LogP contribution in [-0.4, -0.2) is 23.3 Å². The van der Waals surface area contributed by atoms with Gasteiger partial charge < -0.3 is 4.74 Å². The zero-order valence-corrected chi connectivity index (χ0v) is 7.14. The summed E-state index contributed by atoms with van der Waals surface area (Å²) < 4.78 is 5.54. The van der Waals surface area contributed by atoms with Crippen LogP contribution in [0.5, 0.6) is 0 Å². The van der Waals surface area contributed by atoms with E-state index in [1.807, 2.05) is 0 Å². The first-order valence-corrected chi connectivity index (χ1v) is 4.14. The standard InChI is InChI=1S/C7H6N2O2S/c1-11-7(10)5-2-4-6(12-5)3-8-9-4/h2-3H,1H3,(H,8,9). The Balaban J connectivity index is 2.51. The van der Waals surface area contributed by atoms with E-state index in [0.29, 0.717) is 4.88 Å². The number of nitrogens with one attached hydrogen (secondary N) is 1. The van der Waals surface area contributed by atoms with Crippen LogP contribution in [-0.2, 0) is 4.74 Å². The summed E-state index contributed by atoms with van der Waals surface area (Å²) in [6, 6.07) is 1.73. The molecule has 2 rings (SSSR count). The minimum absolute atomic E-state index is 0.301. The van der Waals surface area contributed by atoms with Gasteiger partial charge in [-0.05, 0) is 6.07 Å². The molecule has 0 saturated carbocycles. The second-order valence-corrected chi connectivity index (χ2v) is 3.33. The number of carbonyl (C=O) groups excluding carboxylic acids is 1. The third kappa shape index (κ3) is 0.984. The summed E-state index contributed by atoms with van der Waals surface area (Å²) in [4.78, 5) is 11.6. The molecular weight excluding hydrogens is 176 g/mol. The third-order valence-electron chi connectivity index (χ3n) is 1.51. The van der Waals surface area contributed by atoms with Crippen LogP contribution in [0.1, 0.15) is 9.67 Å². The number of aromatic amines is 1. The fraction of sp³-hybridized carbons (Fsp3) is 0.143. The SMILES string of the molecule is COC(=O)c1cc2[nH]ncc2s1. The minimum Gasteiger partial charge on any atom is -0.465 e. The molecule has 12 heavy (non-hydrogen) atoms. The third-order valence-corrected chi connectivity index (χ3v) is 2.56. The van der Waals surface area contributed by atoms with E-state index in [2.05, 4.69) is 14.9 Å². The van der Waals surface area contributed by atoms with Crippen LogP contribution in [0.4, 0.5) is 0 Å². The Morgan fingerprint density at radius 1 is 1.75 bits per heavy atom. The van der Waals surface area contributed by atoms with Gasteiger partial charge in [0.2, 0.25) is 0 Å². The van der Waals surface area contributed by atoms with Crippen molar-refractivity contribution in [3.63, 3.8) is 0 Å². The molecule has 2 aromatic heterocycles. The molecule has 0 spiro atoms. The van der Waals surface area contributed by atoms with E-state index >= 15 is 0 Å². The molecule has 62 valence electrons. The summed E-state index contributed by atoms with van der Waals surface area (Å²) in [6.45, 7) is 0. The number of thiophene rings is 1. The molecule has 0 aliphatic heterocycles. The van der Waals surface area contributed by atoms with Gasteiger partial charge in [-0.3, -0.25) is 5.10 Å². The van der Waals surface area contributed by atoms with Gasteiger partial charge in [-0.1, -0.05) is 0 Å². The van der Waals surface area contributed by atoms with E-state index in [1.165, 1.54) is 18.4 Å². The first-order valence-electron chi connectivity index (χ1n) is 3.32. The summed E-state index contributed by atoms with van der Waals surface area (Å²) >= 11 is 1.37. The second-order valence-electron chi connectivity index (χ2n) is 2.25. The molecule has 0 bridgehead atoms. The van der Waals surface area contributed by atoms with Gasteiger partial charge >= 0.3 is 5.97 Å². The Labute approximate surface area is 72.2 Å². The second kappa shape index (κ2) is 2.60. The fourth-order valence-corrected chi connectivity index (χ4v) is 1.85. The van der Waals surface area contributed by atoms with Crippen LogP contribution in [0.3, 0.4) is 0 Å². The Kier molecular flexibility index (Phi) is 1.58. The monoisotopic (exact) mass is 182 g/mol. The summed E-state index contributed by atoms with van der Waals surface area (Å²) in [5, 5.41) is 6.59. The van der Waals surface area contributed by atoms with Crippen LogP contribution in [0, 0.1) is 0 Å². The van der Waals surface area contributed by atoms with Gasteiger partial charge in [0.15, 0.2) is 0 Å². The predicted octanol–water partition coefficient (Wildman–Crippen LogP) is 1.41. The van der Waals surface area contributed by atoms with Crippen molar-refractivity contribution < 1.29 is 9.53 Å². The molecule has 0 aliphatic rings. The molecule has 0 amide bonds. The van der Waals surface area contributed by atoms with Gasteiger partial charge in [0.25, 0.3) is 0 Å². The van der Waals surface area contributed by atoms with Crippen molar-refractivity contribution in [3.8, 4) is 0 Å². The van der Waals surface area contributed by atoms with Crippen molar-refractivity contribution in [3.05, 3.63) is 17.1 Å². The van der Waals surface area contributed by atoms with Crippen LogP contribution in [0.25, 0.3) is 10.2 Å². The number of rotatable bonds is 1. The lowest BCUT2D eigenvalue weighted by atomic mass is 10.4. The van der Waals surface area contributed by atoms with E-state index < -0.39 is 0 Å². The van der Waals surface area contributed by atoms with Crippen LogP contribution < -0.4 is 0 Å². The number of nitrogens with zero attached hydrogens (tertiary/aromatic N) is 1. The fourth-order valence-electron chi connectivity index (χ4n) is 0.950. The molecule has 0 radical (unpaired) electrons. The molecule has 0 fully saturated rings. The number of carbonyl (C=O) groups is 1. The van der Waals surface area contributed by atoms with E-state index in [4.69, 9.17) is 0 Å². The largest absolute Gasteiger partial charge is 0.465 e. The first kappa shape index (κ1) is 7.30. The molecule has 0 unspecified atom stereocenters. The Hall–Kier alpha value is -1.36.